The highest BCUT2D eigenvalue weighted by Gasteiger charge is 2.12. The number of carbonyl (C=O) groups excluding carboxylic acids is 1. The number of rotatable bonds is 7. The van der Waals surface area contributed by atoms with E-state index >= 15 is 0 Å². The lowest BCUT2D eigenvalue weighted by Crippen LogP contribution is -2.12. The summed E-state index contributed by atoms with van der Waals surface area (Å²) in [5.74, 6) is 0.688. The van der Waals surface area contributed by atoms with E-state index in [1.54, 1.807) is 25.3 Å². The van der Waals surface area contributed by atoms with Crippen LogP contribution >= 0.6 is 0 Å². The molecule has 32 heavy (non-hydrogen) atoms. The highest BCUT2D eigenvalue weighted by Crippen LogP contribution is 2.25. The normalized spacial score (nSPS) is 10.4. The summed E-state index contributed by atoms with van der Waals surface area (Å²) >= 11 is 0. The molecule has 0 aliphatic rings. The molecule has 0 aliphatic carbocycles. The number of carbonyl (C=O) groups is 1. The fourth-order valence-electron chi connectivity index (χ4n) is 3.30. The van der Waals surface area contributed by atoms with Crippen molar-refractivity contribution in [3.05, 3.63) is 114 Å². The van der Waals surface area contributed by atoms with Gasteiger partial charge in [0, 0.05) is 16.8 Å². The summed E-state index contributed by atoms with van der Waals surface area (Å²) in [5.41, 5.74) is 3.96. The van der Waals surface area contributed by atoms with Crippen LogP contribution < -0.4 is 14.8 Å². The quantitative estimate of drug-likeness (QED) is 0.375. The third kappa shape index (κ3) is 5.13. The van der Waals surface area contributed by atoms with Crippen LogP contribution in [0.1, 0.15) is 15.9 Å². The molecule has 0 fully saturated rings. The average Bonchev–Trinajstić information content (AvgIpc) is 2.85. The van der Waals surface area contributed by atoms with Crippen molar-refractivity contribution in [2.24, 2.45) is 0 Å². The minimum Gasteiger partial charge on any atom is -0.496 e. The van der Waals surface area contributed by atoms with E-state index in [-0.39, 0.29) is 18.3 Å². The van der Waals surface area contributed by atoms with E-state index in [9.17, 15) is 9.18 Å². The van der Waals surface area contributed by atoms with Crippen molar-refractivity contribution < 1.29 is 18.7 Å². The molecule has 5 heteroatoms. The molecule has 0 bridgehead atoms. The molecule has 4 rings (SSSR count). The van der Waals surface area contributed by atoms with Crippen molar-refractivity contribution in [3.8, 4) is 22.6 Å². The fourth-order valence-corrected chi connectivity index (χ4v) is 3.30. The predicted octanol–water partition coefficient (Wildman–Crippen LogP) is 6.33. The van der Waals surface area contributed by atoms with E-state index in [1.807, 2.05) is 42.5 Å². The van der Waals surface area contributed by atoms with Crippen molar-refractivity contribution in [1.82, 2.24) is 0 Å². The number of benzene rings is 4. The van der Waals surface area contributed by atoms with Gasteiger partial charge < -0.3 is 14.8 Å². The highest BCUT2D eigenvalue weighted by molar-refractivity contribution is 6.04. The Bertz CT molecular complexity index is 1190. The zero-order valence-electron chi connectivity index (χ0n) is 17.5. The molecule has 0 spiro atoms. The molecular formula is C27H22FNO3. The van der Waals surface area contributed by atoms with Gasteiger partial charge in [-0.25, -0.2) is 4.39 Å². The Morgan fingerprint density at radius 2 is 1.53 bits per heavy atom. The van der Waals surface area contributed by atoms with Crippen molar-refractivity contribution in [2.75, 3.05) is 12.4 Å². The highest BCUT2D eigenvalue weighted by atomic mass is 19.1. The molecular weight excluding hydrogens is 405 g/mol. The van der Waals surface area contributed by atoms with E-state index in [1.165, 1.54) is 24.3 Å². The van der Waals surface area contributed by atoms with Gasteiger partial charge in [-0.15, -0.1) is 0 Å². The molecule has 4 aromatic rings. The molecule has 1 N–H and O–H groups in total. The smallest absolute Gasteiger partial charge is 0.255 e. The van der Waals surface area contributed by atoms with Crippen LogP contribution in [0.4, 0.5) is 10.1 Å². The summed E-state index contributed by atoms with van der Waals surface area (Å²) < 4.78 is 24.4. The Hall–Kier alpha value is -4.12. The van der Waals surface area contributed by atoms with Gasteiger partial charge in [0.05, 0.1) is 7.11 Å². The Morgan fingerprint density at radius 3 is 2.22 bits per heavy atom. The van der Waals surface area contributed by atoms with Gasteiger partial charge in [0.25, 0.3) is 5.91 Å². The monoisotopic (exact) mass is 427 g/mol. The zero-order valence-corrected chi connectivity index (χ0v) is 17.5. The summed E-state index contributed by atoms with van der Waals surface area (Å²) in [5, 5.41) is 2.76. The number of hydrogen-bond donors (Lipinski definition) is 1. The molecule has 0 saturated heterocycles. The molecule has 0 unspecified atom stereocenters. The van der Waals surface area contributed by atoms with Gasteiger partial charge in [0.15, 0.2) is 0 Å². The minimum absolute atomic E-state index is 0.242. The van der Waals surface area contributed by atoms with Crippen molar-refractivity contribution in [2.45, 2.75) is 6.61 Å². The SMILES string of the molecule is COc1ccc(C(=O)Nc2ccc(F)cc2)cc1COc1ccc(-c2ccccc2)cc1. The first-order valence-electron chi connectivity index (χ1n) is 10.1. The fraction of sp³-hybridized carbons (Fsp3) is 0.0741. The molecule has 1 amide bonds. The predicted molar refractivity (Wildman–Crippen MR) is 124 cm³/mol. The topological polar surface area (TPSA) is 47.6 Å². The molecule has 4 nitrogen and oxygen atoms in total. The standard InChI is InChI=1S/C27H22FNO3/c1-31-26-16-9-21(27(30)29-24-12-10-23(28)11-13-24)17-22(26)18-32-25-14-7-20(8-15-25)19-5-3-2-4-6-19/h2-17H,18H2,1H3,(H,29,30). The average molecular weight is 427 g/mol. The molecule has 0 saturated carbocycles. The second kappa shape index (κ2) is 9.79. The maximum atomic E-state index is 13.1. The van der Waals surface area contributed by atoms with Gasteiger partial charge in [-0.1, -0.05) is 42.5 Å². The molecule has 4 aromatic carbocycles. The third-order valence-corrected chi connectivity index (χ3v) is 5.00. The lowest BCUT2D eigenvalue weighted by molar-refractivity contribution is 0.102. The first kappa shape index (κ1) is 21.1. The number of anilines is 1. The number of halogens is 1. The summed E-state index contributed by atoms with van der Waals surface area (Å²) in [6.45, 7) is 0.242. The maximum Gasteiger partial charge on any atom is 0.255 e. The van der Waals surface area contributed by atoms with Crippen LogP contribution in [0.25, 0.3) is 11.1 Å². The summed E-state index contributed by atoms with van der Waals surface area (Å²) in [7, 11) is 1.58. The first-order valence-corrected chi connectivity index (χ1v) is 10.1. The lowest BCUT2D eigenvalue weighted by Gasteiger charge is -2.13. The third-order valence-electron chi connectivity index (χ3n) is 5.00. The number of methoxy groups -OCH3 is 1. The number of ether oxygens (including phenoxy) is 2. The first-order chi connectivity index (χ1) is 15.6. The Labute approximate surface area is 186 Å². The van der Waals surface area contributed by atoms with Gasteiger partial charge in [-0.2, -0.15) is 0 Å². The second-order valence-corrected chi connectivity index (χ2v) is 7.17. The molecule has 0 aliphatic heterocycles. The second-order valence-electron chi connectivity index (χ2n) is 7.17. The van der Waals surface area contributed by atoms with Crippen molar-refractivity contribution in [1.29, 1.82) is 0 Å². The van der Waals surface area contributed by atoms with Crippen LogP contribution in [-0.2, 0) is 6.61 Å². The molecule has 0 aromatic heterocycles. The van der Waals surface area contributed by atoms with Gasteiger partial charge in [-0.3, -0.25) is 4.79 Å². The van der Waals surface area contributed by atoms with E-state index in [0.717, 1.165) is 16.7 Å². The van der Waals surface area contributed by atoms with E-state index in [2.05, 4.69) is 17.4 Å². The Balaban J connectivity index is 1.45. The molecule has 160 valence electrons. The number of nitrogens with one attached hydrogen (secondary N) is 1. The van der Waals surface area contributed by atoms with Gasteiger partial charge in [-0.05, 0) is 65.7 Å². The van der Waals surface area contributed by atoms with Gasteiger partial charge in [0.1, 0.15) is 23.9 Å². The lowest BCUT2D eigenvalue weighted by atomic mass is 10.1. The minimum atomic E-state index is -0.358. The van der Waals surface area contributed by atoms with Crippen molar-refractivity contribution in [3.63, 3.8) is 0 Å². The van der Waals surface area contributed by atoms with E-state index in [0.29, 0.717) is 22.7 Å². The Morgan fingerprint density at radius 1 is 0.844 bits per heavy atom. The van der Waals surface area contributed by atoms with E-state index in [4.69, 9.17) is 9.47 Å². The molecule has 0 radical (unpaired) electrons. The maximum absolute atomic E-state index is 13.1. The van der Waals surface area contributed by atoms with Crippen LogP contribution in [0, 0.1) is 5.82 Å². The number of amides is 1. The van der Waals surface area contributed by atoms with Crippen LogP contribution in [-0.4, -0.2) is 13.0 Å². The van der Waals surface area contributed by atoms with Crippen LogP contribution in [0.5, 0.6) is 11.5 Å². The zero-order chi connectivity index (χ0) is 22.3. The van der Waals surface area contributed by atoms with Crippen LogP contribution in [0.15, 0.2) is 97.1 Å². The van der Waals surface area contributed by atoms with Gasteiger partial charge >= 0.3 is 0 Å². The van der Waals surface area contributed by atoms with Crippen LogP contribution in [0.3, 0.4) is 0 Å². The van der Waals surface area contributed by atoms with E-state index < -0.39 is 0 Å². The largest absolute Gasteiger partial charge is 0.496 e. The summed E-state index contributed by atoms with van der Waals surface area (Å²) in [6.07, 6.45) is 0. The van der Waals surface area contributed by atoms with Crippen molar-refractivity contribution >= 4 is 11.6 Å². The molecule has 0 heterocycles. The summed E-state index contributed by atoms with van der Waals surface area (Å²) in [6, 6.07) is 28.7. The Kier molecular flexibility index (Phi) is 6.46. The van der Waals surface area contributed by atoms with Crippen LogP contribution in [0.2, 0.25) is 0 Å². The van der Waals surface area contributed by atoms with Gasteiger partial charge in [0.2, 0.25) is 0 Å². The summed E-state index contributed by atoms with van der Waals surface area (Å²) in [4.78, 5) is 12.6. The molecule has 0 atom stereocenters. The number of hydrogen-bond acceptors (Lipinski definition) is 3.